The standard InChI is InChI=1S/C10H18Cl2O4S2/c1-17(13,14)5-3-10(7-11,8-12)9-2-4-18(15,16)6-9/h9H,2-8H2,1H3. The van der Waals surface area contributed by atoms with Crippen LogP contribution in [0.4, 0.5) is 0 Å². The van der Waals surface area contributed by atoms with Crippen molar-refractivity contribution in [3.05, 3.63) is 0 Å². The molecular formula is C10H18Cl2O4S2. The molecule has 0 aromatic rings. The first-order valence-electron chi connectivity index (χ1n) is 5.64. The molecule has 1 atom stereocenters. The van der Waals surface area contributed by atoms with Crippen molar-refractivity contribution in [3.8, 4) is 0 Å². The summed E-state index contributed by atoms with van der Waals surface area (Å²) in [5.41, 5.74) is -0.601. The maximum Gasteiger partial charge on any atom is 0.150 e. The van der Waals surface area contributed by atoms with Gasteiger partial charge >= 0.3 is 0 Å². The lowest BCUT2D eigenvalue weighted by Crippen LogP contribution is -2.37. The molecular weight excluding hydrogens is 319 g/mol. The molecule has 1 aliphatic heterocycles. The van der Waals surface area contributed by atoms with Gasteiger partial charge in [0, 0.05) is 23.4 Å². The zero-order valence-corrected chi connectivity index (χ0v) is 13.4. The van der Waals surface area contributed by atoms with Gasteiger partial charge in [-0.3, -0.25) is 0 Å². The van der Waals surface area contributed by atoms with Gasteiger partial charge < -0.3 is 0 Å². The first-order chi connectivity index (χ1) is 8.14. The van der Waals surface area contributed by atoms with Gasteiger partial charge in [-0.15, -0.1) is 23.2 Å². The highest BCUT2D eigenvalue weighted by atomic mass is 35.5. The molecule has 0 bridgehead atoms. The van der Waals surface area contributed by atoms with Crippen molar-refractivity contribution in [3.63, 3.8) is 0 Å². The highest BCUT2D eigenvalue weighted by molar-refractivity contribution is 7.91. The second kappa shape index (κ2) is 5.85. The molecule has 1 aliphatic rings. The summed E-state index contributed by atoms with van der Waals surface area (Å²) in [5.74, 6) is 0.434. The lowest BCUT2D eigenvalue weighted by Gasteiger charge is -2.35. The second-order valence-corrected chi connectivity index (χ2v) is 10.1. The fraction of sp³-hybridized carbons (Fsp3) is 1.00. The van der Waals surface area contributed by atoms with E-state index in [9.17, 15) is 16.8 Å². The van der Waals surface area contributed by atoms with Crippen molar-refractivity contribution in [2.24, 2.45) is 11.3 Å². The molecule has 108 valence electrons. The van der Waals surface area contributed by atoms with E-state index in [0.29, 0.717) is 12.8 Å². The summed E-state index contributed by atoms with van der Waals surface area (Å²) in [7, 11) is -6.12. The second-order valence-electron chi connectivity index (χ2n) is 5.11. The highest BCUT2D eigenvalue weighted by Gasteiger charge is 2.43. The Hall–Kier alpha value is 0.480. The van der Waals surface area contributed by atoms with E-state index in [2.05, 4.69) is 0 Å². The minimum absolute atomic E-state index is 0.0109. The van der Waals surface area contributed by atoms with Crippen LogP contribution in [0.1, 0.15) is 12.8 Å². The molecule has 0 radical (unpaired) electrons. The van der Waals surface area contributed by atoms with Crippen LogP contribution in [-0.2, 0) is 19.7 Å². The van der Waals surface area contributed by atoms with Crippen molar-refractivity contribution in [2.75, 3.05) is 35.3 Å². The van der Waals surface area contributed by atoms with Gasteiger partial charge in [0.1, 0.15) is 9.84 Å². The Morgan fingerprint density at radius 3 is 2.17 bits per heavy atom. The fourth-order valence-electron chi connectivity index (χ4n) is 2.26. The summed E-state index contributed by atoms with van der Waals surface area (Å²) in [5, 5.41) is 0. The van der Waals surface area contributed by atoms with E-state index in [1.165, 1.54) is 0 Å². The van der Waals surface area contributed by atoms with Crippen molar-refractivity contribution >= 4 is 42.9 Å². The Kier molecular flexibility index (Phi) is 5.38. The molecule has 1 fully saturated rings. The lowest BCUT2D eigenvalue weighted by molar-refractivity contribution is 0.238. The van der Waals surface area contributed by atoms with E-state index in [4.69, 9.17) is 23.2 Å². The number of hydrogen-bond acceptors (Lipinski definition) is 4. The third-order valence-electron chi connectivity index (χ3n) is 3.60. The molecule has 0 aliphatic carbocycles. The van der Waals surface area contributed by atoms with Crippen LogP contribution >= 0.6 is 23.2 Å². The molecule has 0 amide bonds. The monoisotopic (exact) mass is 336 g/mol. The third kappa shape index (κ3) is 4.25. The van der Waals surface area contributed by atoms with Crippen molar-refractivity contribution in [2.45, 2.75) is 12.8 Å². The maximum atomic E-state index is 11.5. The van der Waals surface area contributed by atoms with Crippen LogP contribution < -0.4 is 0 Å². The van der Waals surface area contributed by atoms with Crippen LogP contribution in [0.25, 0.3) is 0 Å². The van der Waals surface area contributed by atoms with Gasteiger partial charge in [0.05, 0.1) is 17.3 Å². The number of rotatable bonds is 6. The summed E-state index contributed by atoms with van der Waals surface area (Å²) in [4.78, 5) is 0. The minimum atomic E-state index is -3.10. The molecule has 1 unspecified atom stereocenters. The van der Waals surface area contributed by atoms with Gasteiger partial charge in [0.2, 0.25) is 0 Å². The summed E-state index contributed by atoms with van der Waals surface area (Å²) in [6.07, 6.45) is 2.00. The number of hydrogen-bond donors (Lipinski definition) is 0. The topological polar surface area (TPSA) is 68.3 Å². The Morgan fingerprint density at radius 1 is 1.28 bits per heavy atom. The summed E-state index contributed by atoms with van der Waals surface area (Å²) >= 11 is 11.9. The zero-order valence-electron chi connectivity index (χ0n) is 10.2. The molecule has 0 saturated carbocycles. The number of alkyl halides is 2. The van der Waals surface area contributed by atoms with Gasteiger partial charge in [-0.25, -0.2) is 16.8 Å². The molecule has 4 nitrogen and oxygen atoms in total. The molecule has 0 aromatic carbocycles. The Morgan fingerprint density at radius 2 is 1.83 bits per heavy atom. The van der Waals surface area contributed by atoms with E-state index in [0.717, 1.165) is 6.26 Å². The number of halogens is 2. The summed E-state index contributed by atoms with van der Waals surface area (Å²) in [6.45, 7) is 0. The Bertz CT molecular complexity index is 480. The average molecular weight is 337 g/mol. The summed E-state index contributed by atoms with van der Waals surface area (Å²) in [6, 6.07) is 0. The normalized spacial score (nSPS) is 24.3. The predicted octanol–water partition coefficient (Wildman–Crippen LogP) is 1.32. The van der Waals surface area contributed by atoms with E-state index >= 15 is 0 Å². The van der Waals surface area contributed by atoms with Gasteiger partial charge in [0.15, 0.2) is 9.84 Å². The summed E-state index contributed by atoms with van der Waals surface area (Å²) < 4.78 is 45.5. The smallest absolute Gasteiger partial charge is 0.150 e. The van der Waals surface area contributed by atoms with Crippen molar-refractivity contribution in [1.29, 1.82) is 0 Å². The third-order valence-corrected chi connectivity index (χ3v) is 7.38. The maximum absolute atomic E-state index is 11.5. The zero-order chi connectivity index (χ0) is 14.0. The molecule has 8 heteroatoms. The Balaban J connectivity index is 2.87. The van der Waals surface area contributed by atoms with Crippen molar-refractivity contribution in [1.82, 2.24) is 0 Å². The predicted molar refractivity (Wildman–Crippen MR) is 75.0 cm³/mol. The van der Waals surface area contributed by atoms with Gasteiger partial charge in [-0.2, -0.15) is 0 Å². The van der Waals surface area contributed by atoms with Crippen LogP contribution in [0.15, 0.2) is 0 Å². The van der Waals surface area contributed by atoms with Crippen LogP contribution in [-0.4, -0.2) is 52.1 Å². The van der Waals surface area contributed by atoms with E-state index in [1.54, 1.807) is 0 Å². The van der Waals surface area contributed by atoms with Crippen LogP contribution in [0, 0.1) is 11.3 Å². The SMILES string of the molecule is CS(=O)(=O)CCC(CCl)(CCl)C1CCS(=O)(=O)C1. The van der Waals surface area contributed by atoms with Crippen molar-refractivity contribution < 1.29 is 16.8 Å². The minimum Gasteiger partial charge on any atom is -0.229 e. The quantitative estimate of drug-likeness (QED) is 0.686. The average Bonchev–Trinajstić information content (AvgIpc) is 2.60. The van der Waals surface area contributed by atoms with E-state index < -0.39 is 25.1 Å². The molecule has 1 rings (SSSR count). The van der Waals surface area contributed by atoms with Crippen LogP contribution in [0.2, 0.25) is 0 Å². The molecule has 1 heterocycles. The molecule has 1 saturated heterocycles. The molecule has 0 N–H and O–H groups in total. The lowest BCUT2D eigenvalue weighted by atomic mass is 9.76. The first kappa shape index (κ1) is 16.5. The van der Waals surface area contributed by atoms with Crippen LogP contribution in [0.5, 0.6) is 0 Å². The molecule has 0 spiro atoms. The number of sulfone groups is 2. The van der Waals surface area contributed by atoms with Crippen LogP contribution in [0.3, 0.4) is 0 Å². The molecule has 0 aromatic heterocycles. The highest BCUT2D eigenvalue weighted by Crippen LogP contribution is 2.41. The Labute approximate surface area is 119 Å². The van der Waals surface area contributed by atoms with E-state index in [-0.39, 0.29) is 34.9 Å². The van der Waals surface area contributed by atoms with Gasteiger partial charge in [0.25, 0.3) is 0 Å². The van der Waals surface area contributed by atoms with E-state index in [1.807, 2.05) is 0 Å². The fourth-order valence-corrected chi connectivity index (χ4v) is 5.97. The van der Waals surface area contributed by atoms with Gasteiger partial charge in [-0.05, 0) is 18.8 Å². The largest absolute Gasteiger partial charge is 0.229 e. The first-order valence-corrected chi connectivity index (χ1v) is 10.6. The van der Waals surface area contributed by atoms with Gasteiger partial charge in [-0.1, -0.05) is 0 Å². The molecule has 18 heavy (non-hydrogen) atoms.